The van der Waals surface area contributed by atoms with Crippen LogP contribution in [0, 0.1) is 0 Å². The molecule has 134 valence electrons. The Kier molecular flexibility index (Phi) is 5.00. The summed E-state index contributed by atoms with van der Waals surface area (Å²) in [5.74, 6) is 0. The van der Waals surface area contributed by atoms with Gasteiger partial charge in [0.15, 0.2) is 0 Å². The lowest BCUT2D eigenvalue weighted by atomic mass is 10.0. The summed E-state index contributed by atoms with van der Waals surface area (Å²) in [6.45, 7) is 6.79. The maximum Gasteiger partial charge on any atom is 0.283 e. The Labute approximate surface area is 151 Å². The molecule has 0 saturated carbocycles. The molecular weight excluding hydrogens is 332 g/mol. The van der Waals surface area contributed by atoms with Crippen molar-refractivity contribution in [2.45, 2.75) is 45.3 Å². The fourth-order valence-corrected chi connectivity index (χ4v) is 5.47. The van der Waals surface area contributed by atoms with E-state index in [0.717, 1.165) is 17.5 Å². The second-order valence-electron chi connectivity index (χ2n) is 7.58. The number of nitrogens with zero attached hydrogens (tertiary/aromatic N) is 2. The highest BCUT2D eigenvalue weighted by molar-refractivity contribution is 7.87. The molecule has 1 aliphatic rings. The molecule has 0 N–H and O–H groups in total. The fraction of sp³-hybridized carbons (Fsp3) is 0.400. The largest absolute Gasteiger partial charge is 0.283 e. The summed E-state index contributed by atoms with van der Waals surface area (Å²) in [6.07, 6.45) is 0.722. The summed E-state index contributed by atoms with van der Waals surface area (Å²) in [7, 11) is -3.49. The maximum atomic E-state index is 13.2. The Hall–Kier alpha value is -1.69. The Morgan fingerprint density at radius 2 is 1.44 bits per heavy atom. The van der Waals surface area contributed by atoms with Crippen LogP contribution in [0.15, 0.2) is 60.7 Å². The van der Waals surface area contributed by atoms with Gasteiger partial charge in [-0.1, -0.05) is 60.7 Å². The number of benzene rings is 2. The third-order valence-electron chi connectivity index (χ3n) is 4.60. The first kappa shape index (κ1) is 18.1. The first-order valence-electron chi connectivity index (χ1n) is 8.66. The zero-order valence-electron chi connectivity index (χ0n) is 15.1. The van der Waals surface area contributed by atoms with Gasteiger partial charge in [0.2, 0.25) is 0 Å². The van der Waals surface area contributed by atoms with Crippen LogP contribution in [0.3, 0.4) is 0 Å². The van der Waals surface area contributed by atoms with Crippen molar-refractivity contribution in [2.75, 3.05) is 6.54 Å². The van der Waals surface area contributed by atoms with Crippen LogP contribution in [0.4, 0.5) is 0 Å². The molecule has 0 spiro atoms. The number of hydrogen-bond acceptors (Lipinski definition) is 2. The van der Waals surface area contributed by atoms with E-state index in [4.69, 9.17) is 0 Å². The molecule has 0 amide bonds. The molecule has 2 aromatic carbocycles. The van der Waals surface area contributed by atoms with Gasteiger partial charge in [-0.05, 0) is 38.3 Å². The van der Waals surface area contributed by atoms with Gasteiger partial charge in [-0.25, -0.2) is 0 Å². The molecule has 0 unspecified atom stereocenters. The van der Waals surface area contributed by atoms with Crippen molar-refractivity contribution in [2.24, 2.45) is 0 Å². The standard InChI is InChI=1S/C20H26N2O2S/c1-20(2,3)22-16-19(14-17-10-6-4-7-11-17)21(25(22,23)24)15-18-12-8-5-9-13-18/h4-13,19H,14-16H2,1-3H3/t19-/m0/s1. The van der Waals surface area contributed by atoms with Crippen molar-refractivity contribution in [3.05, 3.63) is 71.8 Å². The first-order chi connectivity index (χ1) is 11.8. The van der Waals surface area contributed by atoms with E-state index < -0.39 is 15.7 Å². The zero-order chi connectivity index (χ0) is 18.1. The lowest BCUT2D eigenvalue weighted by Crippen LogP contribution is -2.44. The SMILES string of the molecule is CC(C)(C)N1C[C@H](Cc2ccccc2)N(Cc2ccccc2)S1(=O)=O. The zero-order valence-corrected chi connectivity index (χ0v) is 15.9. The molecular formula is C20H26N2O2S. The summed E-state index contributed by atoms with van der Waals surface area (Å²) in [5.41, 5.74) is 1.75. The quantitative estimate of drug-likeness (QED) is 0.840. The predicted octanol–water partition coefficient (Wildman–Crippen LogP) is 3.46. The second-order valence-corrected chi connectivity index (χ2v) is 9.39. The summed E-state index contributed by atoms with van der Waals surface area (Å²) < 4.78 is 29.7. The Bertz CT molecular complexity index is 799. The van der Waals surface area contributed by atoms with E-state index in [0.29, 0.717) is 13.1 Å². The minimum atomic E-state index is -3.49. The van der Waals surface area contributed by atoms with Crippen LogP contribution in [0.5, 0.6) is 0 Å². The summed E-state index contributed by atoms with van der Waals surface area (Å²) >= 11 is 0. The van der Waals surface area contributed by atoms with Gasteiger partial charge < -0.3 is 0 Å². The van der Waals surface area contributed by atoms with E-state index in [-0.39, 0.29) is 6.04 Å². The average Bonchev–Trinajstić information content (AvgIpc) is 2.81. The van der Waals surface area contributed by atoms with E-state index in [2.05, 4.69) is 12.1 Å². The molecule has 1 saturated heterocycles. The lowest BCUT2D eigenvalue weighted by Gasteiger charge is -2.30. The van der Waals surface area contributed by atoms with Crippen LogP contribution in [0.25, 0.3) is 0 Å². The smallest absolute Gasteiger partial charge is 0.195 e. The van der Waals surface area contributed by atoms with Crippen molar-refractivity contribution < 1.29 is 8.42 Å². The molecule has 1 fully saturated rings. The highest BCUT2D eigenvalue weighted by atomic mass is 32.2. The molecule has 0 bridgehead atoms. The van der Waals surface area contributed by atoms with Crippen molar-refractivity contribution in [3.63, 3.8) is 0 Å². The maximum absolute atomic E-state index is 13.2. The summed E-state index contributed by atoms with van der Waals surface area (Å²) in [5, 5.41) is 0. The van der Waals surface area contributed by atoms with Crippen LogP contribution in [-0.2, 0) is 23.2 Å². The molecule has 1 aliphatic heterocycles. The van der Waals surface area contributed by atoms with Crippen LogP contribution in [0.1, 0.15) is 31.9 Å². The highest BCUT2D eigenvalue weighted by Gasteiger charge is 2.48. The molecule has 0 radical (unpaired) electrons. The minimum Gasteiger partial charge on any atom is -0.195 e. The van der Waals surface area contributed by atoms with Gasteiger partial charge in [-0.15, -0.1) is 0 Å². The van der Waals surface area contributed by atoms with Crippen LogP contribution in [-0.4, -0.2) is 35.2 Å². The summed E-state index contributed by atoms with van der Waals surface area (Å²) in [4.78, 5) is 0. The van der Waals surface area contributed by atoms with Crippen molar-refractivity contribution >= 4 is 10.2 Å². The van der Waals surface area contributed by atoms with Crippen molar-refractivity contribution in [3.8, 4) is 0 Å². The normalized spacial score (nSPS) is 21.5. The van der Waals surface area contributed by atoms with Gasteiger partial charge >= 0.3 is 0 Å². The van der Waals surface area contributed by atoms with Gasteiger partial charge in [0.25, 0.3) is 10.2 Å². The predicted molar refractivity (Wildman–Crippen MR) is 101 cm³/mol. The minimum absolute atomic E-state index is 0.0631. The van der Waals surface area contributed by atoms with Gasteiger partial charge in [0.05, 0.1) is 0 Å². The molecule has 0 aliphatic carbocycles. The Morgan fingerprint density at radius 1 is 0.920 bits per heavy atom. The third kappa shape index (κ3) is 3.94. The van der Waals surface area contributed by atoms with Gasteiger partial charge in [-0.3, -0.25) is 0 Å². The molecule has 2 aromatic rings. The molecule has 1 heterocycles. The third-order valence-corrected chi connectivity index (χ3v) is 6.88. The van der Waals surface area contributed by atoms with E-state index in [9.17, 15) is 8.42 Å². The summed E-state index contributed by atoms with van der Waals surface area (Å²) in [6, 6.07) is 19.9. The van der Waals surface area contributed by atoms with Gasteiger partial charge in [-0.2, -0.15) is 17.0 Å². The van der Waals surface area contributed by atoms with E-state index in [1.807, 2.05) is 69.3 Å². The second kappa shape index (κ2) is 6.90. The lowest BCUT2D eigenvalue weighted by molar-refractivity contribution is 0.253. The molecule has 4 nitrogen and oxygen atoms in total. The average molecular weight is 359 g/mol. The monoisotopic (exact) mass is 358 g/mol. The van der Waals surface area contributed by atoms with E-state index >= 15 is 0 Å². The fourth-order valence-electron chi connectivity index (χ4n) is 3.34. The molecule has 3 rings (SSSR count). The topological polar surface area (TPSA) is 40.6 Å². The van der Waals surface area contributed by atoms with Crippen LogP contribution >= 0.6 is 0 Å². The van der Waals surface area contributed by atoms with E-state index in [1.165, 1.54) is 0 Å². The van der Waals surface area contributed by atoms with Crippen LogP contribution < -0.4 is 0 Å². The number of rotatable bonds is 4. The Balaban J connectivity index is 1.93. The molecule has 0 aromatic heterocycles. The highest BCUT2D eigenvalue weighted by Crippen LogP contribution is 2.32. The molecule has 25 heavy (non-hydrogen) atoms. The first-order valence-corrected chi connectivity index (χ1v) is 10.1. The van der Waals surface area contributed by atoms with E-state index in [1.54, 1.807) is 8.61 Å². The molecule has 5 heteroatoms. The Morgan fingerprint density at radius 3 is 1.96 bits per heavy atom. The van der Waals surface area contributed by atoms with Crippen molar-refractivity contribution in [1.29, 1.82) is 0 Å². The number of hydrogen-bond donors (Lipinski definition) is 0. The van der Waals surface area contributed by atoms with Crippen molar-refractivity contribution in [1.82, 2.24) is 8.61 Å². The van der Waals surface area contributed by atoms with Gasteiger partial charge in [0.1, 0.15) is 0 Å². The molecule has 1 atom stereocenters. The van der Waals surface area contributed by atoms with Crippen LogP contribution in [0.2, 0.25) is 0 Å². The van der Waals surface area contributed by atoms with Gasteiger partial charge in [0, 0.05) is 24.7 Å².